The molecule has 1 aliphatic heterocycles. The van der Waals surface area contributed by atoms with E-state index in [4.69, 9.17) is 0 Å². The first-order valence-electron chi connectivity index (χ1n) is 7.40. The fraction of sp³-hybridized carbons (Fsp3) is 0.933. The SMILES string of the molecule is CNC1CCC2CCCC2N(CC(C)(C)C)C1=O. The van der Waals surface area contributed by atoms with Crippen LogP contribution >= 0.6 is 0 Å². The summed E-state index contributed by atoms with van der Waals surface area (Å²) in [6.45, 7) is 7.57. The van der Waals surface area contributed by atoms with Crippen molar-refractivity contribution in [2.24, 2.45) is 11.3 Å². The summed E-state index contributed by atoms with van der Waals surface area (Å²) in [7, 11) is 1.92. The van der Waals surface area contributed by atoms with Gasteiger partial charge in [-0.05, 0) is 44.1 Å². The number of nitrogens with one attached hydrogen (secondary N) is 1. The van der Waals surface area contributed by atoms with Crippen LogP contribution in [0.3, 0.4) is 0 Å². The normalized spacial score (nSPS) is 33.4. The molecule has 104 valence electrons. The predicted octanol–water partition coefficient (Wildman–Crippen LogP) is 2.41. The molecule has 0 aromatic rings. The molecule has 2 fully saturated rings. The van der Waals surface area contributed by atoms with Crippen LogP contribution < -0.4 is 5.32 Å². The molecule has 1 aliphatic carbocycles. The van der Waals surface area contributed by atoms with Gasteiger partial charge in [-0.2, -0.15) is 0 Å². The Labute approximate surface area is 111 Å². The van der Waals surface area contributed by atoms with Crippen LogP contribution in [0.15, 0.2) is 0 Å². The smallest absolute Gasteiger partial charge is 0.239 e. The maximum absolute atomic E-state index is 12.7. The lowest BCUT2D eigenvalue weighted by Crippen LogP contribution is -2.50. The molecule has 0 radical (unpaired) electrons. The highest BCUT2D eigenvalue weighted by atomic mass is 16.2. The second-order valence-electron chi connectivity index (χ2n) is 7.20. The zero-order chi connectivity index (χ0) is 13.3. The van der Waals surface area contributed by atoms with Gasteiger partial charge in [0.2, 0.25) is 5.91 Å². The number of carbonyl (C=O) groups excluding carboxylic acids is 1. The van der Waals surface area contributed by atoms with Crippen LogP contribution in [0.1, 0.15) is 52.9 Å². The summed E-state index contributed by atoms with van der Waals surface area (Å²) in [5, 5.41) is 3.21. The monoisotopic (exact) mass is 252 g/mol. The van der Waals surface area contributed by atoms with Crippen LogP contribution in [0.5, 0.6) is 0 Å². The minimum Gasteiger partial charge on any atom is -0.338 e. The third-order valence-electron chi connectivity index (χ3n) is 4.42. The molecule has 1 saturated heterocycles. The summed E-state index contributed by atoms with van der Waals surface area (Å²) in [5.74, 6) is 1.08. The number of hydrogen-bond donors (Lipinski definition) is 1. The van der Waals surface area contributed by atoms with Crippen molar-refractivity contribution in [1.82, 2.24) is 10.2 Å². The van der Waals surface area contributed by atoms with E-state index in [2.05, 4.69) is 31.0 Å². The van der Waals surface area contributed by atoms with Gasteiger partial charge >= 0.3 is 0 Å². The molecule has 0 spiro atoms. The molecule has 1 saturated carbocycles. The van der Waals surface area contributed by atoms with Crippen LogP contribution in [0.4, 0.5) is 0 Å². The zero-order valence-corrected chi connectivity index (χ0v) is 12.3. The Morgan fingerprint density at radius 3 is 2.56 bits per heavy atom. The van der Waals surface area contributed by atoms with Crippen molar-refractivity contribution in [1.29, 1.82) is 0 Å². The van der Waals surface area contributed by atoms with Gasteiger partial charge in [-0.15, -0.1) is 0 Å². The van der Waals surface area contributed by atoms with Crippen LogP contribution in [-0.4, -0.2) is 36.5 Å². The third-order valence-corrected chi connectivity index (χ3v) is 4.42. The number of rotatable bonds is 2. The quantitative estimate of drug-likeness (QED) is 0.818. The molecular formula is C15H28N2O. The Bertz CT molecular complexity index is 308. The highest BCUT2D eigenvalue weighted by Crippen LogP contribution is 2.37. The molecule has 18 heavy (non-hydrogen) atoms. The molecule has 1 heterocycles. The number of likely N-dealkylation sites (N-methyl/N-ethyl adjacent to an activating group) is 1. The Balaban J connectivity index is 2.20. The molecule has 1 amide bonds. The van der Waals surface area contributed by atoms with E-state index < -0.39 is 0 Å². The van der Waals surface area contributed by atoms with Crippen molar-refractivity contribution in [3.05, 3.63) is 0 Å². The van der Waals surface area contributed by atoms with Crippen molar-refractivity contribution in [3.8, 4) is 0 Å². The highest BCUT2D eigenvalue weighted by Gasteiger charge is 2.41. The second-order valence-corrected chi connectivity index (χ2v) is 7.20. The molecule has 3 heteroatoms. The number of hydrogen-bond acceptors (Lipinski definition) is 2. The van der Waals surface area contributed by atoms with Crippen molar-refractivity contribution >= 4 is 5.91 Å². The van der Waals surface area contributed by atoms with Crippen LogP contribution in [0.25, 0.3) is 0 Å². The summed E-state index contributed by atoms with van der Waals surface area (Å²) in [6, 6.07) is 0.549. The maximum atomic E-state index is 12.7. The van der Waals surface area contributed by atoms with E-state index in [0.717, 1.165) is 18.9 Å². The van der Waals surface area contributed by atoms with E-state index in [-0.39, 0.29) is 11.5 Å². The van der Waals surface area contributed by atoms with Crippen molar-refractivity contribution in [3.63, 3.8) is 0 Å². The zero-order valence-electron chi connectivity index (χ0n) is 12.3. The summed E-state index contributed by atoms with van der Waals surface area (Å²) >= 11 is 0. The lowest BCUT2D eigenvalue weighted by atomic mass is 9.93. The van der Waals surface area contributed by atoms with Gasteiger partial charge in [0.15, 0.2) is 0 Å². The number of fused-ring (bicyclic) bond motifs is 1. The van der Waals surface area contributed by atoms with E-state index in [1.807, 2.05) is 7.05 Å². The fourth-order valence-corrected chi connectivity index (χ4v) is 3.61. The average molecular weight is 252 g/mol. The third kappa shape index (κ3) is 2.87. The molecule has 0 bridgehead atoms. The summed E-state index contributed by atoms with van der Waals surface area (Å²) in [6.07, 6.45) is 6.05. The minimum absolute atomic E-state index is 0.0398. The number of nitrogens with zero attached hydrogens (tertiary/aromatic N) is 1. The van der Waals surface area contributed by atoms with E-state index in [1.54, 1.807) is 0 Å². The summed E-state index contributed by atoms with van der Waals surface area (Å²) in [5.41, 5.74) is 0.186. The molecular weight excluding hydrogens is 224 g/mol. The second kappa shape index (κ2) is 5.20. The first-order valence-corrected chi connectivity index (χ1v) is 7.40. The Morgan fingerprint density at radius 2 is 1.94 bits per heavy atom. The molecule has 1 N–H and O–H groups in total. The molecule has 0 aromatic heterocycles. The molecule has 0 aromatic carbocycles. The number of likely N-dealkylation sites (tertiary alicyclic amines) is 1. The molecule has 2 aliphatic rings. The first kappa shape index (κ1) is 13.9. The topological polar surface area (TPSA) is 32.3 Å². The standard InChI is InChI=1S/C15H28N2O/c1-15(2,3)10-17-13-7-5-6-11(13)8-9-12(16-4)14(17)18/h11-13,16H,5-10H2,1-4H3. The van der Waals surface area contributed by atoms with Crippen molar-refractivity contribution in [2.45, 2.75) is 65.0 Å². The van der Waals surface area contributed by atoms with Crippen molar-refractivity contribution in [2.75, 3.05) is 13.6 Å². The number of carbonyl (C=O) groups is 1. The average Bonchev–Trinajstić information content (AvgIpc) is 2.69. The van der Waals surface area contributed by atoms with Gasteiger partial charge in [0.25, 0.3) is 0 Å². The van der Waals surface area contributed by atoms with Crippen molar-refractivity contribution < 1.29 is 4.79 Å². The minimum atomic E-state index is 0.0398. The van der Waals surface area contributed by atoms with Gasteiger partial charge in [0.05, 0.1) is 6.04 Å². The highest BCUT2D eigenvalue weighted by molar-refractivity contribution is 5.82. The fourth-order valence-electron chi connectivity index (χ4n) is 3.61. The van der Waals surface area contributed by atoms with E-state index in [1.165, 1.54) is 25.7 Å². The Hall–Kier alpha value is -0.570. The molecule has 3 atom stereocenters. The molecule has 2 rings (SSSR count). The Kier molecular flexibility index (Phi) is 4.00. The first-order chi connectivity index (χ1) is 8.42. The molecule has 3 nitrogen and oxygen atoms in total. The van der Waals surface area contributed by atoms with Gasteiger partial charge in [-0.25, -0.2) is 0 Å². The number of amides is 1. The van der Waals surface area contributed by atoms with Crippen LogP contribution in [-0.2, 0) is 4.79 Å². The predicted molar refractivity (Wildman–Crippen MR) is 74.4 cm³/mol. The van der Waals surface area contributed by atoms with Crippen LogP contribution in [0, 0.1) is 11.3 Å². The lowest BCUT2D eigenvalue weighted by molar-refractivity contribution is -0.136. The lowest BCUT2D eigenvalue weighted by Gasteiger charge is -2.37. The summed E-state index contributed by atoms with van der Waals surface area (Å²) < 4.78 is 0. The van der Waals surface area contributed by atoms with Crippen LogP contribution in [0.2, 0.25) is 0 Å². The van der Waals surface area contributed by atoms with Gasteiger partial charge in [-0.1, -0.05) is 27.2 Å². The van der Waals surface area contributed by atoms with Gasteiger partial charge < -0.3 is 10.2 Å². The van der Waals surface area contributed by atoms with Gasteiger partial charge in [0.1, 0.15) is 0 Å². The van der Waals surface area contributed by atoms with E-state index >= 15 is 0 Å². The Morgan fingerprint density at radius 1 is 1.22 bits per heavy atom. The maximum Gasteiger partial charge on any atom is 0.239 e. The summed E-state index contributed by atoms with van der Waals surface area (Å²) in [4.78, 5) is 14.9. The molecule has 3 unspecified atom stereocenters. The van der Waals surface area contributed by atoms with Gasteiger partial charge in [0, 0.05) is 12.6 Å². The van der Waals surface area contributed by atoms with E-state index in [0.29, 0.717) is 11.9 Å². The van der Waals surface area contributed by atoms with E-state index in [9.17, 15) is 4.79 Å². The largest absolute Gasteiger partial charge is 0.338 e. The van der Waals surface area contributed by atoms with Gasteiger partial charge in [-0.3, -0.25) is 4.79 Å².